The van der Waals surface area contributed by atoms with Gasteiger partial charge in [0.15, 0.2) is 0 Å². The Morgan fingerprint density at radius 1 is 1.40 bits per heavy atom. The summed E-state index contributed by atoms with van der Waals surface area (Å²) in [5, 5.41) is 3.58. The number of amides is 1. The molecular weight excluding hydrogens is 315 g/mol. The molecule has 0 heterocycles. The summed E-state index contributed by atoms with van der Waals surface area (Å²) in [5.41, 5.74) is 6.50. The molecule has 1 aromatic carbocycles. The maximum Gasteiger partial charge on any atom is 0.251 e. The van der Waals surface area contributed by atoms with E-state index in [0.29, 0.717) is 27.8 Å². The zero-order valence-electron chi connectivity index (χ0n) is 11.3. The molecule has 110 valence electrons. The summed E-state index contributed by atoms with van der Waals surface area (Å²) in [6.45, 7) is 0.674. The van der Waals surface area contributed by atoms with E-state index in [9.17, 15) is 4.79 Å². The molecule has 6 heteroatoms. The molecule has 20 heavy (non-hydrogen) atoms. The lowest BCUT2D eigenvalue weighted by Gasteiger charge is -2.27. The van der Waals surface area contributed by atoms with Crippen LogP contribution in [-0.2, 0) is 0 Å². The van der Waals surface area contributed by atoms with Crippen molar-refractivity contribution < 1.29 is 4.79 Å². The standard InChI is InChI=1S/C14H18Cl2N2OS/c1-20-14(4-2-3-5-14)8-18-13(19)9-6-10(15)12(16)11(17)7-9/h6-7H,2-5,8,17H2,1H3,(H,18,19). The number of halogens is 2. The molecule has 0 saturated heterocycles. The minimum atomic E-state index is -0.157. The molecule has 2 rings (SSSR count). The number of rotatable bonds is 4. The van der Waals surface area contributed by atoms with E-state index in [0.717, 1.165) is 12.8 Å². The highest BCUT2D eigenvalue weighted by Gasteiger charge is 2.33. The Morgan fingerprint density at radius 3 is 2.60 bits per heavy atom. The van der Waals surface area contributed by atoms with Gasteiger partial charge in [-0.25, -0.2) is 0 Å². The number of carbonyl (C=O) groups is 1. The number of hydrogen-bond donors (Lipinski definition) is 2. The fraction of sp³-hybridized carbons (Fsp3) is 0.500. The van der Waals surface area contributed by atoms with Crippen LogP contribution >= 0.6 is 35.0 Å². The van der Waals surface area contributed by atoms with Crippen molar-refractivity contribution in [2.45, 2.75) is 30.4 Å². The highest BCUT2D eigenvalue weighted by molar-refractivity contribution is 8.00. The summed E-state index contributed by atoms with van der Waals surface area (Å²) in [6.07, 6.45) is 6.87. The molecule has 1 amide bonds. The number of thioether (sulfide) groups is 1. The van der Waals surface area contributed by atoms with Crippen LogP contribution in [0.4, 0.5) is 5.69 Å². The van der Waals surface area contributed by atoms with Gasteiger partial charge in [0, 0.05) is 16.9 Å². The van der Waals surface area contributed by atoms with Crippen LogP contribution in [0.2, 0.25) is 10.0 Å². The molecule has 0 radical (unpaired) electrons. The molecule has 0 bridgehead atoms. The number of nitrogens with two attached hydrogens (primary N) is 1. The van der Waals surface area contributed by atoms with E-state index in [1.807, 2.05) is 11.8 Å². The number of carbonyl (C=O) groups excluding carboxylic acids is 1. The molecular formula is C14H18Cl2N2OS. The summed E-state index contributed by atoms with van der Waals surface area (Å²) in [6, 6.07) is 3.11. The minimum Gasteiger partial charge on any atom is -0.397 e. The third kappa shape index (κ3) is 3.35. The molecule has 1 saturated carbocycles. The molecule has 0 aliphatic heterocycles. The van der Waals surface area contributed by atoms with Crippen molar-refractivity contribution in [2.75, 3.05) is 18.5 Å². The Labute approximate surface area is 133 Å². The smallest absolute Gasteiger partial charge is 0.251 e. The molecule has 1 fully saturated rings. The van der Waals surface area contributed by atoms with Gasteiger partial charge in [0.05, 0.1) is 15.7 Å². The summed E-state index contributed by atoms with van der Waals surface area (Å²) in [4.78, 5) is 12.2. The van der Waals surface area contributed by atoms with Crippen molar-refractivity contribution >= 4 is 46.6 Å². The van der Waals surface area contributed by atoms with Crippen LogP contribution in [0.3, 0.4) is 0 Å². The second-order valence-corrected chi connectivity index (χ2v) is 7.20. The average molecular weight is 333 g/mol. The Hall–Kier alpha value is -0.580. The summed E-state index contributed by atoms with van der Waals surface area (Å²) < 4.78 is 0.178. The highest BCUT2D eigenvalue weighted by Crippen LogP contribution is 2.39. The van der Waals surface area contributed by atoms with Crippen molar-refractivity contribution in [3.8, 4) is 0 Å². The normalized spacial score (nSPS) is 17.1. The maximum absolute atomic E-state index is 12.2. The van der Waals surface area contributed by atoms with Crippen LogP contribution < -0.4 is 11.1 Å². The van der Waals surface area contributed by atoms with E-state index in [-0.39, 0.29) is 10.7 Å². The molecule has 3 N–H and O–H groups in total. The second-order valence-electron chi connectivity index (χ2n) is 5.14. The number of hydrogen-bond acceptors (Lipinski definition) is 3. The second kappa shape index (κ2) is 6.46. The lowest BCUT2D eigenvalue weighted by atomic mass is 10.1. The summed E-state index contributed by atoms with van der Waals surface area (Å²) in [7, 11) is 0. The first-order valence-electron chi connectivity index (χ1n) is 6.55. The van der Waals surface area contributed by atoms with Crippen LogP contribution in [0.15, 0.2) is 12.1 Å². The Balaban J connectivity index is 2.05. The lowest BCUT2D eigenvalue weighted by molar-refractivity contribution is 0.0949. The van der Waals surface area contributed by atoms with Gasteiger partial charge in [-0.2, -0.15) is 11.8 Å². The van der Waals surface area contributed by atoms with E-state index in [1.165, 1.54) is 12.8 Å². The quantitative estimate of drug-likeness (QED) is 0.820. The van der Waals surface area contributed by atoms with Gasteiger partial charge in [0.25, 0.3) is 5.91 Å². The van der Waals surface area contributed by atoms with E-state index < -0.39 is 0 Å². The Kier molecular flexibility index (Phi) is 5.10. The fourth-order valence-corrected chi connectivity index (χ4v) is 3.81. The molecule has 0 aromatic heterocycles. The third-order valence-corrected chi connectivity index (χ3v) is 6.07. The van der Waals surface area contributed by atoms with Gasteiger partial charge in [-0.1, -0.05) is 36.0 Å². The molecule has 1 aliphatic rings. The predicted octanol–water partition coefficient (Wildman–Crippen LogP) is 3.98. The molecule has 0 spiro atoms. The van der Waals surface area contributed by atoms with Gasteiger partial charge in [-0.05, 0) is 31.2 Å². The van der Waals surface area contributed by atoms with Crippen molar-refractivity contribution in [1.29, 1.82) is 0 Å². The molecule has 3 nitrogen and oxygen atoms in total. The lowest BCUT2D eigenvalue weighted by Crippen LogP contribution is -2.38. The largest absolute Gasteiger partial charge is 0.397 e. The maximum atomic E-state index is 12.2. The van der Waals surface area contributed by atoms with Gasteiger partial charge in [-0.15, -0.1) is 0 Å². The van der Waals surface area contributed by atoms with Crippen molar-refractivity contribution in [3.05, 3.63) is 27.7 Å². The topological polar surface area (TPSA) is 55.1 Å². The first-order chi connectivity index (χ1) is 9.47. The number of anilines is 1. The van der Waals surface area contributed by atoms with Crippen LogP contribution in [0.1, 0.15) is 36.0 Å². The zero-order valence-corrected chi connectivity index (χ0v) is 13.7. The van der Waals surface area contributed by atoms with Gasteiger partial charge < -0.3 is 11.1 Å². The Morgan fingerprint density at radius 2 is 2.05 bits per heavy atom. The zero-order chi connectivity index (χ0) is 14.8. The van der Waals surface area contributed by atoms with Crippen LogP contribution in [0.5, 0.6) is 0 Å². The fourth-order valence-electron chi connectivity index (χ4n) is 2.56. The minimum absolute atomic E-state index is 0.157. The predicted molar refractivity (Wildman–Crippen MR) is 87.9 cm³/mol. The number of nitrogen functional groups attached to an aromatic ring is 1. The molecule has 1 aromatic rings. The monoisotopic (exact) mass is 332 g/mol. The van der Waals surface area contributed by atoms with E-state index in [2.05, 4.69) is 11.6 Å². The number of benzene rings is 1. The van der Waals surface area contributed by atoms with Gasteiger partial charge in [0.2, 0.25) is 0 Å². The molecule has 0 atom stereocenters. The van der Waals surface area contributed by atoms with Gasteiger partial charge in [0.1, 0.15) is 0 Å². The summed E-state index contributed by atoms with van der Waals surface area (Å²) in [5.74, 6) is -0.157. The first-order valence-corrected chi connectivity index (χ1v) is 8.53. The van der Waals surface area contributed by atoms with E-state index in [4.69, 9.17) is 28.9 Å². The molecule has 0 unspecified atom stereocenters. The Bertz CT molecular complexity index is 493. The van der Waals surface area contributed by atoms with Crippen molar-refractivity contribution in [1.82, 2.24) is 5.32 Å². The number of nitrogens with one attached hydrogen (secondary N) is 1. The van der Waals surface area contributed by atoms with Crippen molar-refractivity contribution in [3.63, 3.8) is 0 Å². The van der Waals surface area contributed by atoms with Crippen LogP contribution in [0, 0.1) is 0 Å². The van der Waals surface area contributed by atoms with Gasteiger partial charge in [-0.3, -0.25) is 4.79 Å². The average Bonchev–Trinajstić information content (AvgIpc) is 2.91. The molecule has 1 aliphatic carbocycles. The van der Waals surface area contributed by atoms with Crippen molar-refractivity contribution in [2.24, 2.45) is 0 Å². The van der Waals surface area contributed by atoms with Crippen LogP contribution in [-0.4, -0.2) is 23.5 Å². The highest BCUT2D eigenvalue weighted by atomic mass is 35.5. The van der Waals surface area contributed by atoms with Crippen LogP contribution in [0.25, 0.3) is 0 Å². The van der Waals surface area contributed by atoms with E-state index in [1.54, 1.807) is 12.1 Å². The van der Waals surface area contributed by atoms with Gasteiger partial charge >= 0.3 is 0 Å². The third-order valence-electron chi connectivity index (χ3n) is 3.84. The first kappa shape index (κ1) is 15.8. The SMILES string of the molecule is CSC1(CNC(=O)c2cc(N)c(Cl)c(Cl)c2)CCCC1. The summed E-state index contributed by atoms with van der Waals surface area (Å²) >= 11 is 13.7. The van der Waals surface area contributed by atoms with E-state index >= 15 is 0 Å².